The smallest absolute Gasteiger partial charge is 0.122 e. The molecule has 1 aromatic heterocycles. The number of rotatable bonds is 5. The summed E-state index contributed by atoms with van der Waals surface area (Å²) in [6, 6.07) is 9.13. The van der Waals surface area contributed by atoms with Crippen LogP contribution in [0.15, 0.2) is 36.7 Å². The Labute approximate surface area is 119 Å². The molecule has 0 bridgehead atoms. The highest BCUT2D eigenvalue weighted by molar-refractivity contribution is 5.39. The molecule has 20 heavy (non-hydrogen) atoms. The maximum absolute atomic E-state index is 5.53. The first-order valence-electron chi connectivity index (χ1n) is 7.21. The van der Waals surface area contributed by atoms with Gasteiger partial charge in [-0.1, -0.05) is 12.1 Å². The van der Waals surface area contributed by atoms with Gasteiger partial charge in [0.2, 0.25) is 0 Å². The zero-order chi connectivity index (χ0) is 13.9. The normalized spacial score (nSPS) is 16.5. The Hall–Kier alpha value is -1.81. The fourth-order valence-electron chi connectivity index (χ4n) is 2.55. The summed E-state index contributed by atoms with van der Waals surface area (Å²) in [5.74, 6) is 1.05. The number of fused-ring (bicyclic) bond motifs is 1. The molecular formula is C16H21N3O. The number of benzene rings is 1. The highest BCUT2D eigenvalue weighted by atomic mass is 16.5. The Morgan fingerprint density at radius 1 is 1.40 bits per heavy atom. The zero-order valence-electron chi connectivity index (χ0n) is 12.0. The van der Waals surface area contributed by atoms with Gasteiger partial charge in [0.25, 0.3) is 0 Å². The molecule has 0 aliphatic carbocycles. The SMILES string of the molecule is CC(NCc1ccc2c(c1)CCO2)C(C)n1cccn1. The lowest BCUT2D eigenvalue weighted by atomic mass is 10.1. The van der Waals surface area contributed by atoms with Gasteiger partial charge >= 0.3 is 0 Å². The molecule has 0 amide bonds. The molecule has 0 saturated heterocycles. The van der Waals surface area contributed by atoms with E-state index < -0.39 is 0 Å². The molecular weight excluding hydrogens is 250 g/mol. The van der Waals surface area contributed by atoms with Crippen molar-refractivity contribution in [1.82, 2.24) is 15.1 Å². The van der Waals surface area contributed by atoms with Crippen LogP contribution in [0.25, 0.3) is 0 Å². The van der Waals surface area contributed by atoms with Crippen LogP contribution >= 0.6 is 0 Å². The van der Waals surface area contributed by atoms with Crippen molar-refractivity contribution in [2.45, 2.75) is 38.9 Å². The lowest BCUT2D eigenvalue weighted by Gasteiger charge is -2.22. The first-order chi connectivity index (χ1) is 9.74. The van der Waals surface area contributed by atoms with Crippen molar-refractivity contribution < 1.29 is 4.74 Å². The maximum atomic E-state index is 5.53. The summed E-state index contributed by atoms with van der Waals surface area (Å²) in [7, 11) is 0. The molecule has 1 N–H and O–H groups in total. The van der Waals surface area contributed by atoms with E-state index in [1.54, 1.807) is 0 Å². The van der Waals surface area contributed by atoms with Gasteiger partial charge in [-0.3, -0.25) is 4.68 Å². The molecule has 106 valence electrons. The maximum Gasteiger partial charge on any atom is 0.122 e. The van der Waals surface area contributed by atoms with Gasteiger partial charge in [0.1, 0.15) is 5.75 Å². The van der Waals surface area contributed by atoms with Gasteiger partial charge in [0.05, 0.1) is 12.6 Å². The van der Waals surface area contributed by atoms with Crippen LogP contribution in [-0.4, -0.2) is 22.4 Å². The third-order valence-electron chi connectivity index (χ3n) is 4.05. The van der Waals surface area contributed by atoms with Gasteiger partial charge in [0, 0.05) is 31.4 Å². The number of hydrogen-bond donors (Lipinski definition) is 1. The Bertz CT molecular complexity index is 565. The summed E-state index contributed by atoms with van der Waals surface area (Å²) >= 11 is 0. The second-order valence-corrected chi connectivity index (χ2v) is 5.44. The fraction of sp³-hybridized carbons (Fsp3) is 0.438. The summed E-state index contributed by atoms with van der Waals surface area (Å²) < 4.78 is 7.53. The highest BCUT2D eigenvalue weighted by Gasteiger charge is 2.15. The molecule has 4 heteroatoms. The van der Waals surface area contributed by atoms with Crippen molar-refractivity contribution in [3.05, 3.63) is 47.8 Å². The van der Waals surface area contributed by atoms with Crippen LogP contribution < -0.4 is 10.1 Å². The Morgan fingerprint density at radius 3 is 3.10 bits per heavy atom. The molecule has 3 rings (SSSR count). The van der Waals surface area contributed by atoms with Crippen molar-refractivity contribution in [3.8, 4) is 5.75 Å². The van der Waals surface area contributed by atoms with E-state index in [-0.39, 0.29) is 0 Å². The van der Waals surface area contributed by atoms with Crippen LogP contribution in [0, 0.1) is 0 Å². The first kappa shape index (κ1) is 13.2. The predicted molar refractivity (Wildman–Crippen MR) is 78.9 cm³/mol. The van der Waals surface area contributed by atoms with Crippen molar-refractivity contribution in [2.24, 2.45) is 0 Å². The minimum absolute atomic E-state index is 0.336. The van der Waals surface area contributed by atoms with Crippen molar-refractivity contribution >= 4 is 0 Å². The first-order valence-corrected chi connectivity index (χ1v) is 7.21. The van der Waals surface area contributed by atoms with E-state index in [0.717, 1.165) is 25.3 Å². The summed E-state index contributed by atoms with van der Waals surface area (Å²) in [6.45, 7) is 6.07. The number of aromatic nitrogens is 2. The van der Waals surface area contributed by atoms with E-state index in [1.165, 1.54) is 11.1 Å². The van der Waals surface area contributed by atoms with Crippen molar-refractivity contribution in [2.75, 3.05) is 6.61 Å². The number of ether oxygens (including phenoxy) is 1. The van der Waals surface area contributed by atoms with E-state index in [0.29, 0.717) is 12.1 Å². The van der Waals surface area contributed by atoms with E-state index in [4.69, 9.17) is 4.74 Å². The van der Waals surface area contributed by atoms with Crippen molar-refractivity contribution in [3.63, 3.8) is 0 Å². The van der Waals surface area contributed by atoms with E-state index in [1.807, 2.05) is 23.1 Å². The van der Waals surface area contributed by atoms with Gasteiger partial charge in [-0.25, -0.2) is 0 Å². The topological polar surface area (TPSA) is 39.1 Å². The molecule has 4 nitrogen and oxygen atoms in total. The summed E-state index contributed by atoms with van der Waals surface area (Å²) in [5, 5.41) is 7.88. The van der Waals surface area contributed by atoms with Crippen LogP contribution in [0.1, 0.15) is 31.0 Å². The molecule has 1 aromatic carbocycles. The molecule has 1 aliphatic heterocycles. The molecule has 0 spiro atoms. The quantitative estimate of drug-likeness (QED) is 0.908. The molecule has 2 heterocycles. The Kier molecular flexibility index (Phi) is 3.74. The second kappa shape index (κ2) is 5.67. The minimum Gasteiger partial charge on any atom is -0.493 e. The highest BCUT2D eigenvalue weighted by Crippen LogP contribution is 2.25. The number of hydrogen-bond acceptors (Lipinski definition) is 3. The molecule has 0 saturated carbocycles. The zero-order valence-corrected chi connectivity index (χ0v) is 12.0. The lowest BCUT2D eigenvalue weighted by molar-refractivity contribution is 0.356. The monoisotopic (exact) mass is 271 g/mol. The minimum atomic E-state index is 0.336. The average Bonchev–Trinajstić information content (AvgIpc) is 3.13. The molecule has 0 radical (unpaired) electrons. The predicted octanol–water partition coefficient (Wildman–Crippen LogP) is 2.56. The van der Waals surface area contributed by atoms with Crippen LogP contribution in [0.3, 0.4) is 0 Å². The number of nitrogens with one attached hydrogen (secondary N) is 1. The van der Waals surface area contributed by atoms with Crippen LogP contribution in [0.4, 0.5) is 0 Å². The molecule has 1 aliphatic rings. The molecule has 2 aromatic rings. The van der Waals surface area contributed by atoms with E-state index in [9.17, 15) is 0 Å². The van der Waals surface area contributed by atoms with Crippen molar-refractivity contribution in [1.29, 1.82) is 0 Å². The third kappa shape index (κ3) is 2.70. The lowest BCUT2D eigenvalue weighted by Crippen LogP contribution is -2.33. The third-order valence-corrected chi connectivity index (χ3v) is 4.05. The standard InChI is InChI=1S/C16H21N3O/c1-12(13(2)19-8-3-7-18-19)17-11-14-4-5-16-15(10-14)6-9-20-16/h3-5,7-8,10,12-13,17H,6,9,11H2,1-2H3. The number of nitrogens with zero attached hydrogens (tertiary/aromatic N) is 2. The average molecular weight is 271 g/mol. The van der Waals surface area contributed by atoms with Crippen LogP contribution in [0.5, 0.6) is 5.75 Å². The molecule has 2 unspecified atom stereocenters. The molecule has 2 atom stereocenters. The second-order valence-electron chi connectivity index (χ2n) is 5.44. The Morgan fingerprint density at radius 2 is 2.30 bits per heavy atom. The molecule has 0 fully saturated rings. The fourth-order valence-corrected chi connectivity index (χ4v) is 2.55. The largest absolute Gasteiger partial charge is 0.493 e. The van der Waals surface area contributed by atoms with Gasteiger partial charge in [-0.05, 0) is 37.1 Å². The van der Waals surface area contributed by atoms with E-state index >= 15 is 0 Å². The van der Waals surface area contributed by atoms with Gasteiger partial charge < -0.3 is 10.1 Å². The van der Waals surface area contributed by atoms with Gasteiger partial charge in [0.15, 0.2) is 0 Å². The summed E-state index contributed by atoms with van der Waals surface area (Å²) in [6.07, 6.45) is 4.86. The van der Waals surface area contributed by atoms with E-state index in [2.05, 4.69) is 42.5 Å². The summed E-state index contributed by atoms with van der Waals surface area (Å²) in [5.41, 5.74) is 2.64. The van der Waals surface area contributed by atoms with Crippen LogP contribution in [-0.2, 0) is 13.0 Å². The summed E-state index contributed by atoms with van der Waals surface area (Å²) in [4.78, 5) is 0. The van der Waals surface area contributed by atoms with Gasteiger partial charge in [-0.15, -0.1) is 0 Å². The van der Waals surface area contributed by atoms with Crippen LogP contribution in [0.2, 0.25) is 0 Å². The van der Waals surface area contributed by atoms with Gasteiger partial charge in [-0.2, -0.15) is 5.10 Å². The Balaban J connectivity index is 1.59.